The van der Waals surface area contributed by atoms with Crippen molar-refractivity contribution < 1.29 is 0 Å². The summed E-state index contributed by atoms with van der Waals surface area (Å²) in [7, 11) is 0. The van der Waals surface area contributed by atoms with Crippen LogP contribution in [0.5, 0.6) is 0 Å². The van der Waals surface area contributed by atoms with Crippen LogP contribution >= 0.6 is 11.3 Å². The third-order valence-electron chi connectivity index (χ3n) is 3.72. The summed E-state index contributed by atoms with van der Waals surface area (Å²) in [6, 6.07) is 2.02. The molecule has 1 saturated heterocycles. The van der Waals surface area contributed by atoms with Crippen LogP contribution in [0.15, 0.2) is 23.8 Å². The summed E-state index contributed by atoms with van der Waals surface area (Å²) in [4.78, 5) is 15.9. The van der Waals surface area contributed by atoms with Gasteiger partial charge in [-0.05, 0) is 18.9 Å². The van der Waals surface area contributed by atoms with Gasteiger partial charge in [0.05, 0.1) is 5.01 Å². The van der Waals surface area contributed by atoms with E-state index >= 15 is 0 Å². The summed E-state index contributed by atoms with van der Waals surface area (Å²) >= 11 is 1.76. The van der Waals surface area contributed by atoms with Crippen molar-refractivity contribution in [3.05, 3.63) is 34.7 Å². The van der Waals surface area contributed by atoms with Crippen molar-refractivity contribution in [2.45, 2.75) is 38.5 Å². The molecule has 0 radical (unpaired) electrons. The van der Waals surface area contributed by atoms with Crippen molar-refractivity contribution in [2.24, 2.45) is 0 Å². The summed E-state index contributed by atoms with van der Waals surface area (Å²) in [5.74, 6) is 2.90. The van der Waals surface area contributed by atoms with E-state index < -0.39 is 0 Å². The first-order chi connectivity index (χ1) is 9.74. The van der Waals surface area contributed by atoms with Crippen LogP contribution in [-0.2, 0) is 0 Å². The summed E-state index contributed by atoms with van der Waals surface area (Å²) in [5.41, 5.74) is 0. The largest absolute Gasteiger partial charge is 0.356 e. The maximum Gasteiger partial charge on any atom is 0.133 e. The zero-order valence-corrected chi connectivity index (χ0v) is 12.8. The van der Waals surface area contributed by atoms with Crippen LogP contribution in [0.1, 0.15) is 49.4 Å². The van der Waals surface area contributed by atoms with Crippen LogP contribution in [-0.4, -0.2) is 28.0 Å². The van der Waals surface area contributed by atoms with E-state index in [0.29, 0.717) is 11.8 Å². The lowest BCUT2D eigenvalue weighted by Crippen LogP contribution is -2.35. The molecule has 0 aliphatic carbocycles. The smallest absolute Gasteiger partial charge is 0.133 e. The van der Waals surface area contributed by atoms with Crippen LogP contribution in [0.3, 0.4) is 0 Å². The number of thiazole rings is 1. The molecule has 3 rings (SSSR count). The van der Waals surface area contributed by atoms with E-state index in [1.807, 2.05) is 18.5 Å². The molecule has 0 aromatic carbocycles. The first-order valence-corrected chi connectivity index (χ1v) is 8.09. The van der Waals surface area contributed by atoms with E-state index in [1.54, 1.807) is 11.3 Å². The molecule has 2 aromatic heterocycles. The first-order valence-electron chi connectivity index (χ1n) is 7.21. The number of rotatable bonds is 3. The number of nitrogens with zero attached hydrogens (tertiary/aromatic N) is 4. The van der Waals surface area contributed by atoms with Crippen molar-refractivity contribution in [3.8, 4) is 0 Å². The summed E-state index contributed by atoms with van der Waals surface area (Å²) in [6.45, 7) is 6.36. The number of anilines is 1. The molecule has 106 valence electrons. The van der Waals surface area contributed by atoms with E-state index in [-0.39, 0.29) is 0 Å². The zero-order chi connectivity index (χ0) is 13.9. The predicted octanol–water partition coefficient (Wildman–Crippen LogP) is 3.44. The van der Waals surface area contributed by atoms with Crippen molar-refractivity contribution in [2.75, 3.05) is 18.0 Å². The van der Waals surface area contributed by atoms with E-state index in [4.69, 9.17) is 4.98 Å². The van der Waals surface area contributed by atoms with Crippen molar-refractivity contribution in [1.82, 2.24) is 15.0 Å². The molecule has 0 bridgehead atoms. The highest BCUT2D eigenvalue weighted by Gasteiger charge is 2.24. The lowest BCUT2D eigenvalue weighted by molar-refractivity contribution is 0.504. The van der Waals surface area contributed by atoms with E-state index in [0.717, 1.165) is 24.7 Å². The molecule has 20 heavy (non-hydrogen) atoms. The Balaban J connectivity index is 1.78. The van der Waals surface area contributed by atoms with E-state index in [1.165, 1.54) is 17.8 Å². The molecule has 1 fully saturated rings. The molecule has 3 heterocycles. The molecular formula is C15H20N4S. The Morgan fingerprint density at radius 3 is 2.95 bits per heavy atom. The highest BCUT2D eigenvalue weighted by molar-refractivity contribution is 7.09. The Kier molecular flexibility index (Phi) is 3.96. The van der Waals surface area contributed by atoms with Crippen LogP contribution in [0, 0.1) is 0 Å². The minimum Gasteiger partial charge on any atom is -0.356 e. The molecule has 0 N–H and O–H groups in total. The molecule has 5 heteroatoms. The van der Waals surface area contributed by atoms with Gasteiger partial charge in [-0.15, -0.1) is 11.3 Å². The fourth-order valence-corrected chi connectivity index (χ4v) is 3.41. The highest BCUT2D eigenvalue weighted by Crippen LogP contribution is 2.30. The summed E-state index contributed by atoms with van der Waals surface area (Å²) in [6.07, 6.45) is 6.21. The minimum atomic E-state index is 0.370. The minimum absolute atomic E-state index is 0.370. The Bertz CT molecular complexity index is 553. The number of hydrogen-bond donors (Lipinski definition) is 0. The summed E-state index contributed by atoms with van der Waals surface area (Å²) in [5, 5.41) is 3.32. The SMILES string of the molecule is CC(C)c1nccc(N2CCCC(c3nccs3)C2)n1. The van der Waals surface area contributed by atoms with Crippen molar-refractivity contribution in [1.29, 1.82) is 0 Å². The monoisotopic (exact) mass is 288 g/mol. The van der Waals surface area contributed by atoms with E-state index in [9.17, 15) is 0 Å². The molecule has 0 spiro atoms. The molecule has 1 aliphatic heterocycles. The van der Waals surface area contributed by atoms with E-state index in [2.05, 4.69) is 34.1 Å². The third-order valence-corrected chi connectivity index (χ3v) is 4.66. The van der Waals surface area contributed by atoms with Gasteiger partial charge in [-0.25, -0.2) is 15.0 Å². The number of piperidine rings is 1. The van der Waals surface area contributed by atoms with Crippen LogP contribution < -0.4 is 4.90 Å². The average molecular weight is 288 g/mol. The molecule has 4 nitrogen and oxygen atoms in total. The van der Waals surface area contributed by atoms with Crippen LogP contribution in [0.4, 0.5) is 5.82 Å². The predicted molar refractivity (Wildman–Crippen MR) is 82.4 cm³/mol. The van der Waals surface area contributed by atoms with Gasteiger partial charge in [-0.1, -0.05) is 13.8 Å². The first kappa shape index (κ1) is 13.5. The van der Waals surface area contributed by atoms with Crippen LogP contribution in [0.25, 0.3) is 0 Å². The van der Waals surface area contributed by atoms with Gasteiger partial charge in [0.15, 0.2) is 0 Å². The number of hydrogen-bond acceptors (Lipinski definition) is 5. The van der Waals surface area contributed by atoms with Crippen molar-refractivity contribution in [3.63, 3.8) is 0 Å². The second-order valence-corrected chi connectivity index (χ2v) is 6.51. The maximum atomic E-state index is 4.71. The zero-order valence-electron chi connectivity index (χ0n) is 12.0. The second-order valence-electron chi connectivity index (χ2n) is 5.58. The van der Waals surface area contributed by atoms with Gasteiger partial charge >= 0.3 is 0 Å². The molecule has 2 aromatic rings. The normalized spacial score (nSPS) is 19.6. The number of aromatic nitrogens is 3. The Morgan fingerprint density at radius 2 is 2.20 bits per heavy atom. The molecule has 0 saturated carbocycles. The molecular weight excluding hydrogens is 268 g/mol. The van der Waals surface area contributed by atoms with Gasteiger partial charge in [0.1, 0.15) is 11.6 Å². The second kappa shape index (κ2) is 5.87. The van der Waals surface area contributed by atoms with Gasteiger partial charge in [-0.3, -0.25) is 0 Å². The Hall–Kier alpha value is -1.49. The topological polar surface area (TPSA) is 41.9 Å². The van der Waals surface area contributed by atoms with Crippen molar-refractivity contribution >= 4 is 17.2 Å². The van der Waals surface area contributed by atoms with Gasteiger partial charge in [0.2, 0.25) is 0 Å². The lowest BCUT2D eigenvalue weighted by atomic mass is 9.99. The quantitative estimate of drug-likeness (QED) is 0.867. The molecule has 1 aliphatic rings. The molecule has 0 amide bonds. The van der Waals surface area contributed by atoms with Gasteiger partial charge in [0.25, 0.3) is 0 Å². The van der Waals surface area contributed by atoms with Gasteiger partial charge < -0.3 is 4.90 Å². The molecule has 1 unspecified atom stereocenters. The third kappa shape index (κ3) is 2.82. The summed E-state index contributed by atoms with van der Waals surface area (Å²) < 4.78 is 0. The highest BCUT2D eigenvalue weighted by atomic mass is 32.1. The molecule has 1 atom stereocenters. The lowest BCUT2D eigenvalue weighted by Gasteiger charge is -2.32. The van der Waals surface area contributed by atoms with Gasteiger partial charge in [0, 0.05) is 42.7 Å². The Labute approximate surface area is 123 Å². The average Bonchev–Trinajstić information content (AvgIpc) is 3.02. The van der Waals surface area contributed by atoms with Gasteiger partial charge in [-0.2, -0.15) is 0 Å². The fraction of sp³-hybridized carbons (Fsp3) is 0.533. The standard InChI is InChI=1S/C15H20N4S/c1-11(2)14-16-6-5-13(18-14)19-8-3-4-12(10-19)15-17-7-9-20-15/h5-7,9,11-12H,3-4,8,10H2,1-2H3. The maximum absolute atomic E-state index is 4.71. The Morgan fingerprint density at radius 1 is 1.30 bits per heavy atom. The fourth-order valence-electron chi connectivity index (χ4n) is 2.64. The van der Waals surface area contributed by atoms with Crippen LogP contribution in [0.2, 0.25) is 0 Å².